The quantitative estimate of drug-likeness (QED) is 0.758. The number of rotatable bonds is 5. The van der Waals surface area contributed by atoms with Crippen molar-refractivity contribution in [2.24, 2.45) is 0 Å². The molecule has 0 radical (unpaired) electrons. The molecule has 23 heavy (non-hydrogen) atoms. The van der Waals surface area contributed by atoms with E-state index in [1.807, 2.05) is 18.2 Å². The summed E-state index contributed by atoms with van der Waals surface area (Å²) >= 11 is 17.1. The Balaban J connectivity index is 1.95. The molecule has 2 rings (SSSR count). The van der Waals surface area contributed by atoms with Gasteiger partial charge in [0.05, 0.1) is 24.3 Å². The molecule has 0 spiro atoms. The summed E-state index contributed by atoms with van der Waals surface area (Å²) in [6.45, 7) is 0.549. The van der Waals surface area contributed by atoms with Gasteiger partial charge in [-0.15, -0.1) is 0 Å². The van der Waals surface area contributed by atoms with Gasteiger partial charge in [-0.05, 0) is 48.1 Å². The highest BCUT2D eigenvalue weighted by molar-refractivity contribution is 7.80. The molecule has 0 saturated carbocycles. The third-order valence-corrected chi connectivity index (χ3v) is 4.06. The fourth-order valence-electron chi connectivity index (χ4n) is 1.92. The second-order valence-corrected chi connectivity index (χ2v) is 5.85. The predicted octanol–water partition coefficient (Wildman–Crippen LogP) is 4.50. The molecule has 0 aliphatic carbocycles. The minimum atomic E-state index is 0.472. The molecule has 0 atom stereocenters. The Hall–Kier alpha value is -1.69. The molecule has 0 bridgehead atoms. The van der Waals surface area contributed by atoms with Gasteiger partial charge in [0.2, 0.25) is 0 Å². The van der Waals surface area contributed by atoms with Gasteiger partial charge in [0.15, 0.2) is 16.6 Å². The lowest BCUT2D eigenvalue weighted by molar-refractivity contribution is 0.354. The molecule has 0 unspecified atom stereocenters. The third-order valence-electron chi connectivity index (χ3n) is 3.08. The highest BCUT2D eigenvalue weighted by Crippen LogP contribution is 2.27. The Labute approximate surface area is 150 Å². The standard InChI is InChI=1S/C16H16Cl2N2O2S/c1-21-14-6-3-10(7-15(14)22-2)9-19-16(23)20-11-4-5-12(17)13(18)8-11/h3-8H,9H2,1-2H3,(H2,19,20,23). The van der Waals surface area contributed by atoms with Crippen molar-refractivity contribution in [3.05, 3.63) is 52.0 Å². The first-order chi connectivity index (χ1) is 11.0. The molecule has 7 heteroatoms. The summed E-state index contributed by atoms with van der Waals surface area (Å²) < 4.78 is 10.5. The molecule has 0 fully saturated rings. The van der Waals surface area contributed by atoms with Crippen molar-refractivity contribution in [1.82, 2.24) is 5.32 Å². The van der Waals surface area contributed by atoms with Gasteiger partial charge < -0.3 is 20.1 Å². The van der Waals surface area contributed by atoms with E-state index in [0.717, 1.165) is 11.3 Å². The predicted molar refractivity (Wildman–Crippen MR) is 99.1 cm³/mol. The van der Waals surface area contributed by atoms with Crippen molar-refractivity contribution in [2.75, 3.05) is 19.5 Å². The summed E-state index contributed by atoms with van der Waals surface area (Å²) in [5.41, 5.74) is 1.78. The van der Waals surface area contributed by atoms with Gasteiger partial charge in [0.1, 0.15) is 0 Å². The molecule has 0 saturated heterocycles. The molecular weight excluding hydrogens is 355 g/mol. The highest BCUT2D eigenvalue weighted by atomic mass is 35.5. The molecule has 0 amide bonds. The Morgan fingerprint density at radius 3 is 2.39 bits per heavy atom. The number of thiocarbonyl (C=S) groups is 1. The van der Waals surface area contributed by atoms with Crippen molar-refractivity contribution in [1.29, 1.82) is 0 Å². The average molecular weight is 371 g/mol. The van der Waals surface area contributed by atoms with E-state index in [4.69, 9.17) is 44.9 Å². The SMILES string of the molecule is COc1ccc(CNC(=S)Nc2ccc(Cl)c(Cl)c2)cc1OC. The van der Waals surface area contributed by atoms with Crippen LogP contribution in [0.3, 0.4) is 0 Å². The number of hydrogen-bond donors (Lipinski definition) is 2. The van der Waals surface area contributed by atoms with Gasteiger partial charge in [0, 0.05) is 12.2 Å². The molecule has 0 aliphatic rings. The van der Waals surface area contributed by atoms with Gasteiger partial charge >= 0.3 is 0 Å². The first kappa shape index (κ1) is 17.7. The number of halogens is 2. The first-order valence-corrected chi connectivity index (χ1v) is 7.90. The fraction of sp³-hybridized carbons (Fsp3) is 0.188. The molecule has 2 N–H and O–H groups in total. The van der Waals surface area contributed by atoms with E-state index in [-0.39, 0.29) is 0 Å². The van der Waals surface area contributed by atoms with E-state index in [1.54, 1.807) is 32.4 Å². The van der Waals surface area contributed by atoms with Gasteiger partial charge in [-0.1, -0.05) is 29.3 Å². The molecule has 4 nitrogen and oxygen atoms in total. The van der Waals surface area contributed by atoms with E-state index in [2.05, 4.69) is 10.6 Å². The summed E-state index contributed by atoms with van der Waals surface area (Å²) in [7, 11) is 3.21. The zero-order valence-electron chi connectivity index (χ0n) is 12.7. The van der Waals surface area contributed by atoms with Crippen molar-refractivity contribution < 1.29 is 9.47 Å². The molecule has 0 aliphatic heterocycles. The van der Waals surface area contributed by atoms with Crippen LogP contribution in [-0.2, 0) is 6.54 Å². The largest absolute Gasteiger partial charge is 0.493 e. The normalized spacial score (nSPS) is 10.1. The van der Waals surface area contributed by atoms with E-state index in [1.165, 1.54) is 0 Å². The highest BCUT2D eigenvalue weighted by Gasteiger charge is 2.06. The maximum absolute atomic E-state index is 5.97. The van der Waals surface area contributed by atoms with Gasteiger partial charge in [-0.25, -0.2) is 0 Å². The maximum Gasteiger partial charge on any atom is 0.171 e. The lowest BCUT2D eigenvalue weighted by Gasteiger charge is -2.13. The number of methoxy groups -OCH3 is 2. The van der Waals surface area contributed by atoms with Crippen molar-refractivity contribution in [3.8, 4) is 11.5 Å². The van der Waals surface area contributed by atoms with Crippen LogP contribution in [0.2, 0.25) is 10.0 Å². The zero-order valence-corrected chi connectivity index (χ0v) is 15.0. The minimum absolute atomic E-state index is 0.472. The van der Waals surface area contributed by atoms with Crippen LogP contribution in [0.1, 0.15) is 5.56 Å². The van der Waals surface area contributed by atoms with Crippen molar-refractivity contribution >= 4 is 46.2 Å². The summed E-state index contributed by atoms with van der Waals surface area (Å²) in [4.78, 5) is 0. The van der Waals surface area contributed by atoms with Crippen molar-refractivity contribution in [3.63, 3.8) is 0 Å². The lowest BCUT2D eigenvalue weighted by atomic mass is 10.2. The van der Waals surface area contributed by atoms with Crippen LogP contribution in [0.5, 0.6) is 11.5 Å². The number of anilines is 1. The van der Waals surface area contributed by atoms with E-state index in [9.17, 15) is 0 Å². The van der Waals surface area contributed by atoms with Crippen LogP contribution in [0.4, 0.5) is 5.69 Å². The monoisotopic (exact) mass is 370 g/mol. The van der Waals surface area contributed by atoms with Crippen LogP contribution in [-0.4, -0.2) is 19.3 Å². The lowest BCUT2D eigenvalue weighted by Crippen LogP contribution is -2.27. The second-order valence-electron chi connectivity index (χ2n) is 4.63. The van der Waals surface area contributed by atoms with Gasteiger partial charge in [0.25, 0.3) is 0 Å². The number of hydrogen-bond acceptors (Lipinski definition) is 3. The fourth-order valence-corrected chi connectivity index (χ4v) is 2.41. The topological polar surface area (TPSA) is 42.5 Å². The summed E-state index contributed by atoms with van der Waals surface area (Å²) in [5.74, 6) is 1.36. The van der Waals surface area contributed by atoms with Gasteiger partial charge in [-0.2, -0.15) is 0 Å². The van der Waals surface area contributed by atoms with Crippen LogP contribution < -0.4 is 20.1 Å². The molecule has 2 aromatic rings. The Morgan fingerprint density at radius 2 is 1.74 bits per heavy atom. The molecule has 0 aromatic heterocycles. The number of benzene rings is 2. The number of nitrogens with one attached hydrogen (secondary N) is 2. The van der Waals surface area contributed by atoms with Crippen LogP contribution in [0, 0.1) is 0 Å². The molecule has 2 aromatic carbocycles. The first-order valence-electron chi connectivity index (χ1n) is 6.74. The summed E-state index contributed by atoms with van der Waals surface area (Å²) in [6, 6.07) is 10.9. The van der Waals surface area contributed by atoms with Crippen LogP contribution in [0.25, 0.3) is 0 Å². The third kappa shape index (κ3) is 4.89. The Morgan fingerprint density at radius 1 is 1.00 bits per heavy atom. The molecule has 122 valence electrons. The molecular formula is C16H16Cl2N2O2S. The smallest absolute Gasteiger partial charge is 0.171 e. The Kier molecular flexibility index (Phi) is 6.33. The van der Waals surface area contributed by atoms with Crippen molar-refractivity contribution in [2.45, 2.75) is 6.54 Å². The maximum atomic E-state index is 5.97. The van der Waals surface area contributed by atoms with E-state index < -0.39 is 0 Å². The average Bonchev–Trinajstić information content (AvgIpc) is 2.56. The van der Waals surface area contributed by atoms with E-state index >= 15 is 0 Å². The Bertz CT molecular complexity index is 710. The summed E-state index contributed by atoms with van der Waals surface area (Å²) in [5, 5.41) is 7.63. The second kappa shape index (κ2) is 8.24. The van der Waals surface area contributed by atoms with Crippen LogP contribution >= 0.6 is 35.4 Å². The minimum Gasteiger partial charge on any atom is -0.493 e. The van der Waals surface area contributed by atoms with Crippen LogP contribution in [0.15, 0.2) is 36.4 Å². The number of ether oxygens (including phenoxy) is 2. The summed E-state index contributed by atoms with van der Waals surface area (Å²) in [6.07, 6.45) is 0. The zero-order chi connectivity index (χ0) is 16.8. The van der Waals surface area contributed by atoms with Gasteiger partial charge in [-0.3, -0.25) is 0 Å². The molecule has 0 heterocycles. The van der Waals surface area contributed by atoms with E-state index in [0.29, 0.717) is 33.2 Å².